The molecule has 0 spiro atoms. The van der Waals surface area contributed by atoms with E-state index >= 15 is 0 Å². The third kappa shape index (κ3) is 5.16. The first kappa shape index (κ1) is 13.8. The molecule has 0 aliphatic rings. The van der Waals surface area contributed by atoms with Crippen LogP contribution in [0.1, 0.15) is 10.4 Å². The molecule has 0 fully saturated rings. The Kier molecular flexibility index (Phi) is 6.75. The number of carbonyl (C=O) groups excluding carboxylic acids is 1. The molecule has 0 amide bonds. The van der Waals surface area contributed by atoms with E-state index in [4.69, 9.17) is 9.47 Å². The molecule has 0 saturated heterocycles. The Balaban J connectivity index is 2.25. The second kappa shape index (κ2) is 8.82. The quantitative estimate of drug-likeness (QED) is 0.305. The predicted octanol–water partition coefficient (Wildman–Crippen LogP) is 3.15. The molecule has 0 radical (unpaired) electrons. The van der Waals surface area contributed by atoms with Gasteiger partial charge < -0.3 is 9.47 Å². The number of aldehydes is 1. The van der Waals surface area contributed by atoms with Crippen LogP contribution < -0.4 is 4.74 Å². The molecular formula is C15H16O3. The van der Waals surface area contributed by atoms with Crippen LogP contribution in [0.5, 0.6) is 5.75 Å². The molecule has 0 saturated carbocycles. The average Bonchev–Trinajstić information content (AvgIpc) is 2.42. The van der Waals surface area contributed by atoms with Gasteiger partial charge in [0.1, 0.15) is 19.0 Å². The molecule has 1 aromatic rings. The van der Waals surface area contributed by atoms with E-state index < -0.39 is 0 Å². The third-order valence-electron chi connectivity index (χ3n) is 2.04. The standard InChI is InChI=1S/C15H16O3/c1-2-3-4-7-10-17-11-12-18-15-9-6-5-8-14(15)13-16/h2-10,13H,1,11-12H2/b4-3-,10-7+. The molecule has 1 rings (SSSR count). The van der Waals surface area contributed by atoms with Crippen LogP contribution in [0.2, 0.25) is 0 Å². The monoisotopic (exact) mass is 244 g/mol. The Morgan fingerprint density at radius 1 is 1.11 bits per heavy atom. The van der Waals surface area contributed by atoms with Gasteiger partial charge in [0.15, 0.2) is 6.29 Å². The van der Waals surface area contributed by atoms with E-state index in [0.717, 1.165) is 6.29 Å². The van der Waals surface area contributed by atoms with Crippen LogP contribution in [0.25, 0.3) is 0 Å². The summed E-state index contributed by atoms with van der Waals surface area (Å²) in [7, 11) is 0. The summed E-state index contributed by atoms with van der Waals surface area (Å²) >= 11 is 0. The van der Waals surface area contributed by atoms with Gasteiger partial charge in [-0.2, -0.15) is 0 Å². The third-order valence-corrected chi connectivity index (χ3v) is 2.04. The van der Waals surface area contributed by atoms with Gasteiger partial charge in [0.25, 0.3) is 0 Å². The summed E-state index contributed by atoms with van der Waals surface area (Å²) in [5.41, 5.74) is 0.543. The van der Waals surface area contributed by atoms with Crippen LogP contribution in [0, 0.1) is 0 Å². The molecule has 0 atom stereocenters. The normalized spacial score (nSPS) is 10.7. The van der Waals surface area contributed by atoms with Gasteiger partial charge in [0, 0.05) is 0 Å². The topological polar surface area (TPSA) is 35.5 Å². The Morgan fingerprint density at radius 3 is 2.72 bits per heavy atom. The summed E-state index contributed by atoms with van der Waals surface area (Å²) in [5.74, 6) is 0.576. The average molecular weight is 244 g/mol. The van der Waals surface area contributed by atoms with Crippen LogP contribution >= 0.6 is 0 Å². The smallest absolute Gasteiger partial charge is 0.153 e. The van der Waals surface area contributed by atoms with E-state index in [0.29, 0.717) is 24.5 Å². The van der Waals surface area contributed by atoms with Gasteiger partial charge in [-0.3, -0.25) is 4.79 Å². The minimum absolute atomic E-state index is 0.389. The van der Waals surface area contributed by atoms with Crippen molar-refractivity contribution in [2.75, 3.05) is 13.2 Å². The van der Waals surface area contributed by atoms with Crippen LogP contribution in [0.3, 0.4) is 0 Å². The largest absolute Gasteiger partial charge is 0.498 e. The van der Waals surface area contributed by atoms with E-state index in [1.807, 2.05) is 12.1 Å². The van der Waals surface area contributed by atoms with Gasteiger partial charge in [0.05, 0.1) is 11.8 Å². The molecule has 0 N–H and O–H groups in total. The van der Waals surface area contributed by atoms with Gasteiger partial charge in [-0.1, -0.05) is 36.9 Å². The second-order valence-corrected chi connectivity index (χ2v) is 3.32. The molecule has 0 aliphatic heterocycles. The molecule has 0 aromatic heterocycles. The highest BCUT2D eigenvalue weighted by Gasteiger charge is 2.00. The van der Waals surface area contributed by atoms with E-state index in [-0.39, 0.29) is 0 Å². The maximum absolute atomic E-state index is 10.7. The fraction of sp³-hybridized carbons (Fsp3) is 0.133. The highest BCUT2D eigenvalue weighted by molar-refractivity contribution is 5.79. The minimum Gasteiger partial charge on any atom is -0.498 e. The van der Waals surface area contributed by atoms with Crippen molar-refractivity contribution in [2.24, 2.45) is 0 Å². The summed E-state index contributed by atoms with van der Waals surface area (Å²) in [6, 6.07) is 7.08. The van der Waals surface area contributed by atoms with Gasteiger partial charge >= 0.3 is 0 Å². The summed E-state index contributed by atoms with van der Waals surface area (Å²) in [5, 5.41) is 0. The molecule has 94 valence electrons. The molecule has 3 heteroatoms. The van der Waals surface area contributed by atoms with E-state index in [1.165, 1.54) is 0 Å². The van der Waals surface area contributed by atoms with Crippen LogP contribution in [-0.4, -0.2) is 19.5 Å². The van der Waals surface area contributed by atoms with Crippen molar-refractivity contribution in [3.63, 3.8) is 0 Å². The number of benzene rings is 1. The fourth-order valence-electron chi connectivity index (χ4n) is 1.22. The van der Waals surface area contributed by atoms with Crippen molar-refractivity contribution in [2.45, 2.75) is 0 Å². The predicted molar refractivity (Wildman–Crippen MR) is 71.8 cm³/mol. The summed E-state index contributed by atoms with van der Waals surface area (Å²) in [6.45, 7) is 4.36. The summed E-state index contributed by atoms with van der Waals surface area (Å²) < 4.78 is 10.6. The van der Waals surface area contributed by atoms with Crippen molar-refractivity contribution >= 4 is 6.29 Å². The zero-order valence-electron chi connectivity index (χ0n) is 10.1. The maximum atomic E-state index is 10.7. The Hall–Kier alpha value is -2.29. The van der Waals surface area contributed by atoms with Gasteiger partial charge in [-0.25, -0.2) is 0 Å². The minimum atomic E-state index is 0.389. The fourth-order valence-corrected chi connectivity index (χ4v) is 1.22. The maximum Gasteiger partial charge on any atom is 0.153 e. The first-order valence-electron chi connectivity index (χ1n) is 5.61. The number of hydrogen-bond acceptors (Lipinski definition) is 3. The van der Waals surface area contributed by atoms with E-state index in [9.17, 15) is 4.79 Å². The van der Waals surface area contributed by atoms with Crippen LogP contribution in [0.15, 0.2) is 61.4 Å². The van der Waals surface area contributed by atoms with Gasteiger partial charge in [-0.15, -0.1) is 0 Å². The van der Waals surface area contributed by atoms with Crippen LogP contribution in [0.4, 0.5) is 0 Å². The number of ether oxygens (including phenoxy) is 2. The zero-order valence-corrected chi connectivity index (χ0v) is 10.1. The summed E-state index contributed by atoms with van der Waals surface area (Å²) in [6.07, 6.45) is 9.42. The second-order valence-electron chi connectivity index (χ2n) is 3.32. The van der Waals surface area contributed by atoms with Crippen LogP contribution in [-0.2, 0) is 4.74 Å². The van der Waals surface area contributed by atoms with Gasteiger partial charge in [0.2, 0.25) is 0 Å². The van der Waals surface area contributed by atoms with Crippen molar-refractivity contribution < 1.29 is 14.3 Å². The molecular weight excluding hydrogens is 228 g/mol. The highest BCUT2D eigenvalue weighted by Crippen LogP contribution is 2.15. The number of hydrogen-bond donors (Lipinski definition) is 0. The van der Waals surface area contributed by atoms with E-state index in [2.05, 4.69) is 6.58 Å². The first-order valence-corrected chi connectivity index (χ1v) is 5.61. The molecule has 0 unspecified atom stereocenters. The molecule has 0 heterocycles. The molecule has 0 aliphatic carbocycles. The lowest BCUT2D eigenvalue weighted by molar-refractivity contribution is 0.111. The Morgan fingerprint density at radius 2 is 1.94 bits per heavy atom. The van der Waals surface area contributed by atoms with Crippen molar-refractivity contribution in [1.29, 1.82) is 0 Å². The summed E-state index contributed by atoms with van der Waals surface area (Å²) in [4.78, 5) is 10.7. The lowest BCUT2D eigenvalue weighted by Gasteiger charge is -2.07. The number of carbonyl (C=O) groups is 1. The molecule has 0 bridgehead atoms. The van der Waals surface area contributed by atoms with Crippen molar-refractivity contribution in [1.82, 2.24) is 0 Å². The number of rotatable bonds is 8. The first-order chi connectivity index (χ1) is 8.88. The van der Waals surface area contributed by atoms with Gasteiger partial charge in [-0.05, 0) is 18.2 Å². The molecule has 18 heavy (non-hydrogen) atoms. The van der Waals surface area contributed by atoms with Crippen molar-refractivity contribution in [3.8, 4) is 5.75 Å². The Labute approximate surface area is 107 Å². The van der Waals surface area contributed by atoms with E-state index in [1.54, 1.807) is 42.7 Å². The van der Waals surface area contributed by atoms with Crippen molar-refractivity contribution in [3.05, 3.63) is 67.0 Å². The molecule has 1 aromatic carbocycles. The Bertz CT molecular complexity index is 433. The SMILES string of the molecule is C=C/C=C\C=C\OCCOc1ccccc1C=O. The number of allylic oxidation sites excluding steroid dienone is 4. The number of para-hydroxylation sites is 1. The lowest BCUT2D eigenvalue weighted by atomic mass is 10.2. The zero-order chi connectivity index (χ0) is 13.1. The highest BCUT2D eigenvalue weighted by atomic mass is 16.5. The molecule has 3 nitrogen and oxygen atoms in total. The lowest BCUT2D eigenvalue weighted by Crippen LogP contribution is -2.05.